The highest BCUT2D eigenvalue weighted by Gasteiger charge is 2.15. The molecule has 1 heterocycles. The number of hydrogen-bond donors (Lipinski definition) is 1. The van der Waals surface area contributed by atoms with Gasteiger partial charge in [0.05, 0.1) is 0 Å². The van der Waals surface area contributed by atoms with Crippen LogP contribution < -0.4 is 5.43 Å². The van der Waals surface area contributed by atoms with E-state index in [2.05, 4.69) is 0 Å². The fourth-order valence-corrected chi connectivity index (χ4v) is 3.87. The van der Waals surface area contributed by atoms with Crippen LogP contribution in [-0.2, 0) is 12.8 Å². The molecule has 0 aliphatic heterocycles. The monoisotopic (exact) mass is 284 g/mol. The van der Waals surface area contributed by atoms with Gasteiger partial charge < -0.3 is 5.11 Å². The zero-order valence-corrected chi connectivity index (χ0v) is 12.4. The van der Waals surface area contributed by atoms with Gasteiger partial charge in [-0.1, -0.05) is 26.0 Å². The summed E-state index contributed by atoms with van der Waals surface area (Å²) in [5, 5.41) is 11.8. The predicted octanol–water partition coefficient (Wildman–Crippen LogP) is 4.25. The first-order chi connectivity index (χ1) is 9.67. The van der Waals surface area contributed by atoms with Gasteiger partial charge in [0.25, 0.3) is 0 Å². The summed E-state index contributed by atoms with van der Waals surface area (Å²) in [7, 11) is 0. The molecule has 0 saturated carbocycles. The van der Waals surface area contributed by atoms with Gasteiger partial charge in [-0.05, 0) is 36.6 Å². The van der Waals surface area contributed by atoms with E-state index in [1.54, 1.807) is 11.3 Å². The smallest absolute Gasteiger partial charge is 0.196 e. The standard InChI is InChI=1S/C17H16O2S/c1-3-10-9-14-15(11(4-2)16(10)18)17(19)12-7-5-6-8-13(12)20-14/h5-9,18H,3-4H2,1-2H3. The largest absolute Gasteiger partial charge is 0.507 e. The van der Waals surface area contributed by atoms with Gasteiger partial charge in [-0.2, -0.15) is 0 Å². The van der Waals surface area contributed by atoms with Crippen LogP contribution in [0.2, 0.25) is 0 Å². The van der Waals surface area contributed by atoms with E-state index in [1.807, 2.05) is 44.2 Å². The van der Waals surface area contributed by atoms with Crippen LogP contribution in [0, 0.1) is 0 Å². The van der Waals surface area contributed by atoms with Crippen molar-refractivity contribution in [2.24, 2.45) is 0 Å². The van der Waals surface area contributed by atoms with Gasteiger partial charge in [0.1, 0.15) is 5.75 Å². The number of benzene rings is 2. The van der Waals surface area contributed by atoms with Gasteiger partial charge in [-0.25, -0.2) is 0 Å². The van der Waals surface area contributed by atoms with E-state index in [-0.39, 0.29) is 5.43 Å². The van der Waals surface area contributed by atoms with Crippen molar-refractivity contribution in [1.82, 2.24) is 0 Å². The van der Waals surface area contributed by atoms with E-state index in [1.165, 1.54) is 0 Å². The zero-order chi connectivity index (χ0) is 14.3. The Morgan fingerprint density at radius 1 is 1.10 bits per heavy atom. The summed E-state index contributed by atoms with van der Waals surface area (Å²) in [5.74, 6) is 0.294. The second-order valence-electron chi connectivity index (χ2n) is 4.87. The van der Waals surface area contributed by atoms with Crippen molar-refractivity contribution in [3.63, 3.8) is 0 Å². The predicted molar refractivity (Wildman–Crippen MR) is 86.0 cm³/mol. The first-order valence-corrected chi connectivity index (χ1v) is 7.68. The molecule has 1 N–H and O–H groups in total. The molecule has 20 heavy (non-hydrogen) atoms. The fraction of sp³-hybridized carbons (Fsp3) is 0.235. The molecule has 0 amide bonds. The molecule has 0 unspecified atom stereocenters. The molecule has 0 saturated heterocycles. The average molecular weight is 284 g/mol. The van der Waals surface area contributed by atoms with Crippen LogP contribution in [0.25, 0.3) is 20.2 Å². The Morgan fingerprint density at radius 3 is 2.55 bits per heavy atom. The minimum Gasteiger partial charge on any atom is -0.507 e. The Hall–Kier alpha value is -1.87. The minimum atomic E-state index is 0.0316. The van der Waals surface area contributed by atoms with Crippen molar-refractivity contribution in [1.29, 1.82) is 0 Å². The van der Waals surface area contributed by atoms with Crippen LogP contribution in [0.1, 0.15) is 25.0 Å². The third kappa shape index (κ3) is 1.81. The van der Waals surface area contributed by atoms with Crippen LogP contribution in [0.4, 0.5) is 0 Å². The molecule has 0 bridgehead atoms. The maximum Gasteiger partial charge on any atom is 0.196 e. The molecule has 0 aliphatic rings. The summed E-state index contributed by atoms with van der Waals surface area (Å²) in [5.41, 5.74) is 1.73. The molecular formula is C17H16O2S. The Balaban J connectivity index is 2.58. The normalized spacial score (nSPS) is 11.3. The number of fused-ring (bicyclic) bond motifs is 2. The van der Waals surface area contributed by atoms with E-state index in [4.69, 9.17) is 0 Å². The Morgan fingerprint density at radius 2 is 1.85 bits per heavy atom. The number of rotatable bonds is 2. The molecule has 102 valence electrons. The van der Waals surface area contributed by atoms with Crippen LogP contribution >= 0.6 is 11.3 Å². The van der Waals surface area contributed by atoms with Crippen LogP contribution in [-0.4, -0.2) is 5.11 Å². The second-order valence-corrected chi connectivity index (χ2v) is 5.95. The van der Waals surface area contributed by atoms with Gasteiger partial charge in [0, 0.05) is 25.7 Å². The molecule has 0 atom stereocenters. The van der Waals surface area contributed by atoms with Gasteiger partial charge in [0.15, 0.2) is 5.43 Å². The number of phenolic OH excluding ortho intramolecular Hbond substituents is 1. The van der Waals surface area contributed by atoms with Crippen LogP contribution in [0.15, 0.2) is 35.1 Å². The van der Waals surface area contributed by atoms with Crippen molar-refractivity contribution in [3.8, 4) is 5.75 Å². The molecule has 3 heteroatoms. The molecule has 1 aromatic heterocycles. The molecule has 0 aliphatic carbocycles. The molecule has 0 radical (unpaired) electrons. The van der Waals surface area contributed by atoms with Gasteiger partial charge in [-0.3, -0.25) is 4.79 Å². The number of aryl methyl sites for hydroxylation is 2. The van der Waals surface area contributed by atoms with Crippen molar-refractivity contribution in [2.75, 3.05) is 0 Å². The summed E-state index contributed by atoms with van der Waals surface area (Å²) in [6, 6.07) is 9.63. The van der Waals surface area contributed by atoms with E-state index in [0.717, 1.165) is 32.3 Å². The third-order valence-electron chi connectivity index (χ3n) is 3.76. The minimum absolute atomic E-state index is 0.0316. The maximum atomic E-state index is 12.7. The number of aromatic hydroxyl groups is 1. The Bertz CT molecular complexity index is 862. The van der Waals surface area contributed by atoms with E-state index >= 15 is 0 Å². The maximum absolute atomic E-state index is 12.7. The number of phenols is 1. The van der Waals surface area contributed by atoms with Crippen molar-refractivity contribution in [2.45, 2.75) is 26.7 Å². The Kier molecular flexibility index (Phi) is 3.22. The average Bonchev–Trinajstić information content (AvgIpc) is 2.47. The summed E-state index contributed by atoms with van der Waals surface area (Å²) >= 11 is 1.62. The number of hydrogen-bond acceptors (Lipinski definition) is 3. The lowest BCUT2D eigenvalue weighted by molar-refractivity contribution is 0.463. The zero-order valence-electron chi connectivity index (χ0n) is 11.6. The summed E-state index contributed by atoms with van der Waals surface area (Å²) in [6.45, 7) is 4.00. The topological polar surface area (TPSA) is 37.3 Å². The summed E-state index contributed by atoms with van der Waals surface area (Å²) in [4.78, 5) is 12.7. The van der Waals surface area contributed by atoms with Crippen LogP contribution in [0.5, 0.6) is 5.75 Å². The highest BCUT2D eigenvalue weighted by atomic mass is 32.1. The highest BCUT2D eigenvalue weighted by molar-refractivity contribution is 7.24. The van der Waals surface area contributed by atoms with Crippen molar-refractivity contribution < 1.29 is 5.11 Å². The van der Waals surface area contributed by atoms with Gasteiger partial charge in [0.2, 0.25) is 0 Å². The third-order valence-corrected chi connectivity index (χ3v) is 4.87. The molecule has 0 spiro atoms. The van der Waals surface area contributed by atoms with Crippen molar-refractivity contribution >= 4 is 31.5 Å². The van der Waals surface area contributed by atoms with E-state index in [0.29, 0.717) is 17.6 Å². The molecule has 2 aromatic carbocycles. The highest BCUT2D eigenvalue weighted by Crippen LogP contribution is 2.34. The van der Waals surface area contributed by atoms with Crippen molar-refractivity contribution in [3.05, 3.63) is 51.7 Å². The summed E-state index contributed by atoms with van der Waals surface area (Å²) < 4.78 is 1.97. The SMILES string of the molecule is CCc1cc2sc3ccccc3c(=O)c2c(CC)c1O. The molecule has 2 nitrogen and oxygen atoms in total. The van der Waals surface area contributed by atoms with Gasteiger partial charge >= 0.3 is 0 Å². The Labute approximate surface area is 121 Å². The van der Waals surface area contributed by atoms with E-state index < -0.39 is 0 Å². The van der Waals surface area contributed by atoms with E-state index in [9.17, 15) is 9.90 Å². The fourth-order valence-electron chi connectivity index (χ4n) is 2.70. The molecule has 0 fully saturated rings. The molecule has 3 rings (SSSR count). The lowest BCUT2D eigenvalue weighted by Gasteiger charge is -2.11. The first kappa shape index (κ1) is 13.1. The quantitative estimate of drug-likeness (QED) is 0.714. The molecular weight excluding hydrogens is 268 g/mol. The lowest BCUT2D eigenvalue weighted by Crippen LogP contribution is -2.05. The second kappa shape index (κ2) is 4.91. The lowest BCUT2D eigenvalue weighted by atomic mass is 10.00. The van der Waals surface area contributed by atoms with Crippen LogP contribution in [0.3, 0.4) is 0 Å². The first-order valence-electron chi connectivity index (χ1n) is 6.86. The molecule has 3 aromatic rings. The summed E-state index contributed by atoms with van der Waals surface area (Å²) in [6.07, 6.45) is 1.43. The van der Waals surface area contributed by atoms with Gasteiger partial charge in [-0.15, -0.1) is 11.3 Å².